The van der Waals surface area contributed by atoms with E-state index in [9.17, 15) is 9.59 Å². The number of nitrogens with zero attached hydrogens (tertiary/aromatic N) is 2. The molecule has 2 amide bonds. The van der Waals surface area contributed by atoms with Gasteiger partial charge in [0, 0.05) is 44.5 Å². The van der Waals surface area contributed by atoms with Crippen LogP contribution in [0.4, 0.5) is 0 Å². The van der Waals surface area contributed by atoms with E-state index in [4.69, 9.17) is 16.3 Å². The van der Waals surface area contributed by atoms with Crippen molar-refractivity contribution < 1.29 is 14.3 Å². The Balaban J connectivity index is 1.13. The number of rotatable bonds is 8. The van der Waals surface area contributed by atoms with Crippen LogP contribution >= 0.6 is 22.9 Å². The SMILES string of the molecule is COC1CCC(Cl)CC1C(=O)N1CCC(CCCCNC(=O)c2cc3ccncc3s2)CC1. The standard InChI is InChI=1S/C25H34ClN3O3S/c1-32-21-6-5-19(26)15-20(21)25(31)29-12-8-17(9-13-29)4-2-3-10-28-24(30)22-14-18-7-11-27-16-23(18)33-22/h7,11,14,16-17,19-21H,2-6,8-10,12-13,15H2,1H3,(H,28,30). The lowest BCUT2D eigenvalue weighted by atomic mass is 9.84. The van der Waals surface area contributed by atoms with Crippen LogP contribution in [-0.4, -0.2) is 59.9 Å². The number of nitrogens with one attached hydrogen (secondary N) is 1. The highest BCUT2D eigenvalue weighted by molar-refractivity contribution is 7.20. The van der Waals surface area contributed by atoms with Gasteiger partial charge >= 0.3 is 0 Å². The highest BCUT2D eigenvalue weighted by Gasteiger charge is 2.37. The molecule has 33 heavy (non-hydrogen) atoms. The van der Waals surface area contributed by atoms with Gasteiger partial charge in [0.05, 0.1) is 21.6 Å². The smallest absolute Gasteiger partial charge is 0.261 e. The van der Waals surface area contributed by atoms with Gasteiger partial charge in [-0.25, -0.2) is 0 Å². The second kappa shape index (κ2) is 11.6. The van der Waals surface area contributed by atoms with Crippen LogP contribution in [0.1, 0.15) is 61.0 Å². The normalized spacial score (nSPS) is 24.2. The molecule has 0 bridgehead atoms. The number of carbonyl (C=O) groups is 2. The van der Waals surface area contributed by atoms with E-state index in [1.54, 1.807) is 19.5 Å². The van der Waals surface area contributed by atoms with Gasteiger partial charge in [0.25, 0.3) is 5.91 Å². The fourth-order valence-electron chi connectivity index (χ4n) is 5.15. The van der Waals surface area contributed by atoms with Gasteiger partial charge in [-0.05, 0) is 62.0 Å². The molecular formula is C25H34ClN3O3S. The molecule has 3 unspecified atom stereocenters. The maximum absolute atomic E-state index is 13.1. The summed E-state index contributed by atoms with van der Waals surface area (Å²) in [5.74, 6) is 0.790. The minimum Gasteiger partial charge on any atom is -0.381 e. The zero-order valence-electron chi connectivity index (χ0n) is 19.3. The Hall–Kier alpha value is -1.70. The van der Waals surface area contributed by atoms with Crippen molar-refractivity contribution in [3.63, 3.8) is 0 Å². The first kappa shape index (κ1) is 24.4. The van der Waals surface area contributed by atoms with E-state index in [1.165, 1.54) is 11.3 Å². The molecular weight excluding hydrogens is 458 g/mol. The number of hydrogen-bond donors (Lipinski definition) is 1. The molecule has 2 aliphatic rings. The summed E-state index contributed by atoms with van der Waals surface area (Å²) in [7, 11) is 1.70. The molecule has 1 N–H and O–H groups in total. The highest BCUT2D eigenvalue weighted by Crippen LogP contribution is 2.33. The zero-order chi connectivity index (χ0) is 23.2. The van der Waals surface area contributed by atoms with Crippen molar-refractivity contribution in [1.82, 2.24) is 15.2 Å². The van der Waals surface area contributed by atoms with Crippen molar-refractivity contribution >= 4 is 44.8 Å². The van der Waals surface area contributed by atoms with Gasteiger partial charge in [0.1, 0.15) is 0 Å². The number of fused-ring (bicyclic) bond motifs is 1. The summed E-state index contributed by atoms with van der Waals surface area (Å²) in [6.07, 6.45) is 11.4. The number of ether oxygens (including phenoxy) is 1. The van der Waals surface area contributed by atoms with Crippen molar-refractivity contribution in [3.8, 4) is 0 Å². The summed E-state index contributed by atoms with van der Waals surface area (Å²) in [6.45, 7) is 2.37. The van der Waals surface area contributed by atoms with E-state index in [2.05, 4.69) is 10.3 Å². The summed E-state index contributed by atoms with van der Waals surface area (Å²) in [5, 5.41) is 4.19. The summed E-state index contributed by atoms with van der Waals surface area (Å²) in [4.78, 5) is 32.3. The monoisotopic (exact) mass is 491 g/mol. The predicted molar refractivity (Wildman–Crippen MR) is 133 cm³/mol. The first-order valence-corrected chi connectivity index (χ1v) is 13.4. The van der Waals surface area contributed by atoms with Crippen LogP contribution < -0.4 is 5.32 Å². The fraction of sp³-hybridized carbons (Fsp3) is 0.640. The van der Waals surface area contributed by atoms with Crippen LogP contribution in [0.3, 0.4) is 0 Å². The van der Waals surface area contributed by atoms with Crippen LogP contribution in [0.25, 0.3) is 10.1 Å². The van der Waals surface area contributed by atoms with Crippen molar-refractivity contribution in [2.75, 3.05) is 26.7 Å². The van der Waals surface area contributed by atoms with Gasteiger partial charge in [0.2, 0.25) is 5.91 Å². The summed E-state index contributed by atoms with van der Waals surface area (Å²) >= 11 is 7.83. The maximum Gasteiger partial charge on any atom is 0.261 e. The van der Waals surface area contributed by atoms with Gasteiger partial charge in [-0.15, -0.1) is 22.9 Å². The molecule has 3 atom stereocenters. The second-order valence-corrected chi connectivity index (χ2v) is 11.0. The Bertz CT molecular complexity index is 911. The van der Waals surface area contributed by atoms with E-state index >= 15 is 0 Å². The number of amides is 2. The third kappa shape index (κ3) is 6.25. The van der Waals surface area contributed by atoms with E-state index in [1.807, 2.05) is 17.0 Å². The Morgan fingerprint density at radius 3 is 2.82 bits per heavy atom. The topological polar surface area (TPSA) is 71.5 Å². The number of carbonyl (C=O) groups excluding carboxylic acids is 2. The van der Waals surface area contributed by atoms with Crippen LogP contribution in [0.5, 0.6) is 0 Å². The quantitative estimate of drug-likeness (QED) is 0.423. The molecule has 2 aromatic heterocycles. The third-order valence-corrected chi connectivity index (χ3v) is 8.62. The van der Waals surface area contributed by atoms with E-state index in [0.29, 0.717) is 12.5 Å². The highest BCUT2D eigenvalue weighted by atomic mass is 35.5. The first-order chi connectivity index (χ1) is 16.0. The van der Waals surface area contributed by atoms with Crippen LogP contribution in [0.2, 0.25) is 0 Å². The number of thiophene rings is 1. The fourth-order valence-corrected chi connectivity index (χ4v) is 6.42. The van der Waals surface area contributed by atoms with Gasteiger partial charge in [-0.3, -0.25) is 14.6 Å². The number of aromatic nitrogens is 1. The first-order valence-electron chi connectivity index (χ1n) is 12.1. The molecule has 1 saturated heterocycles. The number of piperidine rings is 1. The van der Waals surface area contributed by atoms with Gasteiger partial charge < -0.3 is 15.0 Å². The average Bonchev–Trinajstić information content (AvgIpc) is 3.28. The third-order valence-electron chi connectivity index (χ3n) is 7.14. The lowest BCUT2D eigenvalue weighted by molar-refractivity contribution is -0.143. The molecule has 1 saturated carbocycles. The molecule has 4 rings (SSSR count). The van der Waals surface area contributed by atoms with Crippen LogP contribution in [-0.2, 0) is 9.53 Å². The predicted octanol–water partition coefficient (Wildman–Crippen LogP) is 4.86. The Labute approximate surface area is 205 Å². The van der Waals surface area contributed by atoms with Crippen molar-refractivity contribution in [1.29, 1.82) is 0 Å². The molecule has 0 radical (unpaired) electrons. The van der Waals surface area contributed by atoms with Crippen molar-refractivity contribution in [2.45, 2.75) is 62.8 Å². The van der Waals surface area contributed by atoms with Crippen LogP contribution in [0.15, 0.2) is 24.5 Å². The van der Waals surface area contributed by atoms with E-state index in [-0.39, 0.29) is 29.2 Å². The van der Waals surface area contributed by atoms with E-state index < -0.39 is 0 Å². The molecule has 2 fully saturated rings. The number of unbranched alkanes of at least 4 members (excludes halogenated alkanes) is 1. The largest absolute Gasteiger partial charge is 0.381 e. The molecule has 6 nitrogen and oxygen atoms in total. The Morgan fingerprint density at radius 1 is 1.24 bits per heavy atom. The molecule has 8 heteroatoms. The summed E-state index contributed by atoms with van der Waals surface area (Å²) in [6, 6.07) is 3.86. The van der Waals surface area contributed by atoms with Crippen LogP contribution in [0, 0.1) is 11.8 Å². The van der Waals surface area contributed by atoms with Gasteiger partial charge in [-0.1, -0.05) is 12.8 Å². The minimum atomic E-state index is -0.0939. The molecule has 2 aromatic rings. The number of methoxy groups -OCH3 is 1. The number of halogens is 1. The molecule has 0 spiro atoms. The number of alkyl halides is 1. The molecule has 1 aliphatic heterocycles. The molecule has 180 valence electrons. The molecule has 1 aliphatic carbocycles. The van der Waals surface area contributed by atoms with Crippen molar-refractivity contribution in [3.05, 3.63) is 29.4 Å². The van der Waals surface area contributed by atoms with Gasteiger partial charge in [0.15, 0.2) is 0 Å². The number of pyridine rings is 1. The molecule has 3 heterocycles. The lowest BCUT2D eigenvalue weighted by Gasteiger charge is -2.38. The Morgan fingerprint density at radius 2 is 2.06 bits per heavy atom. The Kier molecular flexibility index (Phi) is 8.61. The molecule has 0 aromatic carbocycles. The van der Waals surface area contributed by atoms with Gasteiger partial charge in [-0.2, -0.15) is 0 Å². The summed E-state index contributed by atoms with van der Waals surface area (Å²) in [5.41, 5.74) is 0. The maximum atomic E-state index is 13.1. The lowest BCUT2D eigenvalue weighted by Crippen LogP contribution is -2.47. The van der Waals surface area contributed by atoms with E-state index in [0.717, 1.165) is 79.4 Å². The number of likely N-dealkylation sites (tertiary alicyclic amines) is 1. The average molecular weight is 492 g/mol. The number of hydrogen-bond acceptors (Lipinski definition) is 5. The minimum absolute atomic E-state index is 0.000665. The summed E-state index contributed by atoms with van der Waals surface area (Å²) < 4.78 is 6.62. The zero-order valence-corrected chi connectivity index (χ0v) is 20.9. The second-order valence-electron chi connectivity index (χ2n) is 9.34. The van der Waals surface area contributed by atoms with Crippen molar-refractivity contribution in [2.24, 2.45) is 11.8 Å².